The van der Waals surface area contributed by atoms with Gasteiger partial charge < -0.3 is 4.42 Å². The summed E-state index contributed by atoms with van der Waals surface area (Å²) in [7, 11) is 0. The zero-order valence-corrected chi connectivity index (χ0v) is 26.8. The van der Waals surface area contributed by atoms with Crippen LogP contribution in [0.3, 0.4) is 0 Å². The third-order valence-electron chi connectivity index (χ3n) is 10.2. The topological polar surface area (TPSA) is 43.9 Å². The van der Waals surface area contributed by atoms with E-state index in [9.17, 15) is 0 Å². The number of nitrogens with zero attached hydrogens (tertiary/aromatic N) is 3. The van der Waals surface area contributed by atoms with Gasteiger partial charge >= 0.3 is 0 Å². The second kappa shape index (κ2) is 10.4. The summed E-state index contributed by atoms with van der Waals surface area (Å²) in [5.74, 6) is 0.625. The van der Waals surface area contributed by atoms with Gasteiger partial charge in [0.25, 0.3) is 0 Å². The largest absolute Gasteiger partial charge is 0.455 e. The van der Waals surface area contributed by atoms with E-state index in [0.29, 0.717) is 5.95 Å². The van der Waals surface area contributed by atoms with Crippen molar-refractivity contribution in [1.82, 2.24) is 14.5 Å². The van der Waals surface area contributed by atoms with Crippen molar-refractivity contribution in [3.63, 3.8) is 0 Å². The van der Waals surface area contributed by atoms with Crippen LogP contribution in [0.4, 0.5) is 0 Å². The minimum atomic E-state index is 0.625. The fourth-order valence-corrected chi connectivity index (χ4v) is 7.90. The van der Waals surface area contributed by atoms with Crippen LogP contribution < -0.4 is 0 Å². The Balaban J connectivity index is 1.23. The Hall–Kier alpha value is -6.78. The summed E-state index contributed by atoms with van der Waals surface area (Å²) in [5, 5.41) is 10.2. The monoisotopic (exact) mass is 637 g/mol. The highest BCUT2D eigenvalue weighted by molar-refractivity contribution is 6.22. The number of hydrogen-bond donors (Lipinski definition) is 0. The number of furan rings is 1. The van der Waals surface area contributed by atoms with Crippen molar-refractivity contribution in [1.29, 1.82) is 0 Å². The average Bonchev–Trinajstić information content (AvgIpc) is 3.74. The molecule has 11 aromatic rings. The molecule has 4 nitrogen and oxygen atoms in total. The van der Waals surface area contributed by atoms with Crippen molar-refractivity contribution < 1.29 is 4.42 Å². The maximum absolute atomic E-state index is 6.81. The summed E-state index contributed by atoms with van der Waals surface area (Å²) >= 11 is 0. The van der Waals surface area contributed by atoms with Gasteiger partial charge in [-0.1, -0.05) is 127 Å². The van der Waals surface area contributed by atoms with Gasteiger partial charge in [-0.3, -0.25) is 4.57 Å². The standard InChI is InChI=1S/C46H27N3O/c1-2-11-28(12-3-1)31-23-25-40-38(27-31)42-32-15-6-4-13-29(32)22-26-41(42)49(40)46-47-39-20-9-8-17-36(39)43(48-46)37-19-10-18-34-35-24-21-30-14-5-7-16-33(30)44(35)50-45(34)37/h1-27H. The van der Waals surface area contributed by atoms with E-state index in [1.54, 1.807) is 0 Å². The first-order valence-electron chi connectivity index (χ1n) is 16.9. The summed E-state index contributed by atoms with van der Waals surface area (Å²) < 4.78 is 9.04. The molecule has 0 saturated carbocycles. The highest BCUT2D eigenvalue weighted by atomic mass is 16.3. The Labute approximate surface area is 286 Å². The maximum Gasteiger partial charge on any atom is 0.235 e. The van der Waals surface area contributed by atoms with Crippen molar-refractivity contribution >= 4 is 76.2 Å². The van der Waals surface area contributed by atoms with Gasteiger partial charge in [0.1, 0.15) is 11.2 Å². The van der Waals surface area contributed by atoms with Crippen molar-refractivity contribution in [3.05, 3.63) is 164 Å². The first kappa shape index (κ1) is 27.2. The molecule has 0 radical (unpaired) electrons. The molecule has 8 aromatic carbocycles. The van der Waals surface area contributed by atoms with E-state index < -0.39 is 0 Å². The highest BCUT2D eigenvalue weighted by Crippen LogP contribution is 2.42. The van der Waals surface area contributed by atoms with Crippen LogP contribution in [0, 0.1) is 0 Å². The number of aromatic nitrogens is 3. The molecular formula is C46H27N3O. The molecule has 11 rings (SSSR count). The SMILES string of the molecule is c1ccc(-c2ccc3c(c2)c2c4ccccc4ccc2n3-c2nc(-c3cccc4c3oc3c5ccccc5ccc43)c3ccccc3n2)cc1. The molecule has 3 aromatic heterocycles. The molecule has 0 atom stereocenters. The second-order valence-electron chi connectivity index (χ2n) is 13.0. The van der Waals surface area contributed by atoms with Crippen molar-refractivity contribution in [3.8, 4) is 28.3 Å². The molecule has 232 valence electrons. The fraction of sp³-hybridized carbons (Fsp3) is 0. The first-order chi connectivity index (χ1) is 24.8. The van der Waals surface area contributed by atoms with E-state index in [-0.39, 0.29) is 0 Å². The lowest BCUT2D eigenvalue weighted by Gasteiger charge is -2.12. The molecule has 0 aliphatic rings. The van der Waals surface area contributed by atoms with Gasteiger partial charge in [0.15, 0.2) is 0 Å². The molecule has 0 spiro atoms. The molecule has 50 heavy (non-hydrogen) atoms. The van der Waals surface area contributed by atoms with Crippen molar-refractivity contribution in [2.75, 3.05) is 0 Å². The summed E-state index contributed by atoms with van der Waals surface area (Å²) in [6, 6.07) is 57.7. The van der Waals surface area contributed by atoms with E-state index in [2.05, 4.69) is 162 Å². The van der Waals surface area contributed by atoms with E-state index in [1.807, 2.05) is 6.07 Å². The Morgan fingerprint density at radius 3 is 1.98 bits per heavy atom. The van der Waals surface area contributed by atoms with Crippen molar-refractivity contribution in [2.45, 2.75) is 0 Å². The Morgan fingerprint density at radius 2 is 1.10 bits per heavy atom. The quantitative estimate of drug-likeness (QED) is 0.194. The van der Waals surface area contributed by atoms with Gasteiger partial charge in [0.2, 0.25) is 5.95 Å². The lowest BCUT2D eigenvalue weighted by molar-refractivity contribution is 0.673. The van der Waals surface area contributed by atoms with Crippen LogP contribution in [0.5, 0.6) is 0 Å². The molecule has 3 heterocycles. The van der Waals surface area contributed by atoms with Crippen LogP contribution in [0.2, 0.25) is 0 Å². The lowest BCUT2D eigenvalue weighted by atomic mass is 10.0. The molecule has 0 saturated heterocycles. The summed E-state index contributed by atoms with van der Waals surface area (Å²) in [6.45, 7) is 0. The number of rotatable bonds is 3. The molecule has 0 amide bonds. The van der Waals surface area contributed by atoms with Crippen LogP contribution in [0.15, 0.2) is 168 Å². The summed E-state index contributed by atoms with van der Waals surface area (Å²) in [5.41, 5.74) is 8.88. The molecule has 0 aliphatic carbocycles. The van der Waals surface area contributed by atoms with Gasteiger partial charge in [-0.2, -0.15) is 0 Å². The fourth-order valence-electron chi connectivity index (χ4n) is 7.90. The predicted octanol–water partition coefficient (Wildman–Crippen LogP) is 12.3. The van der Waals surface area contributed by atoms with E-state index in [1.165, 1.54) is 32.7 Å². The van der Waals surface area contributed by atoms with Crippen LogP contribution in [-0.4, -0.2) is 14.5 Å². The second-order valence-corrected chi connectivity index (χ2v) is 13.0. The number of benzene rings is 8. The third-order valence-corrected chi connectivity index (χ3v) is 10.2. The molecule has 0 aliphatic heterocycles. The van der Waals surface area contributed by atoms with Gasteiger partial charge in [-0.05, 0) is 63.7 Å². The van der Waals surface area contributed by atoms with Gasteiger partial charge in [0.05, 0.1) is 22.2 Å². The Morgan fingerprint density at radius 1 is 0.420 bits per heavy atom. The Kier molecular flexibility index (Phi) is 5.63. The number of para-hydroxylation sites is 2. The third kappa shape index (κ3) is 3.87. The molecule has 0 N–H and O–H groups in total. The Bertz CT molecular complexity index is 3150. The average molecular weight is 638 g/mol. The molecule has 4 heteroatoms. The first-order valence-corrected chi connectivity index (χ1v) is 16.9. The van der Waals surface area contributed by atoms with E-state index >= 15 is 0 Å². The van der Waals surface area contributed by atoms with E-state index in [0.717, 1.165) is 65.9 Å². The summed E-state index contributed by atoms with van der Waals surface area (Å²) in [4.78, 5) is 10.7. The van der Waals surface area contributed by atoms with Gasteiger partial charge in [0, 0.05) is 37.9 Å². The zero-order chi connectivity index (χ0) is 32.8. The highest BCUT2D eigenvalue weighted by Gasteiger charge is 2.21. The number of fused-ring (bicyclic) bond motifs is 11. The zero-order valence-electron chi connectivity index (χ0n) is 26.8. The maximum atomic E-state index is 6.81. The smallest absolute Gasteiger partial charge is 0.235 e. The van der Waals surface area contributed by atoms with Crippen LogP contribution in [-0.2, 0) is 0 Å². The molecule has 0 bridgehead atoms. The minimum absolute atomic E-state index is 0.625. The lowest BCUT2D eigenvalue weighted by Crippen LogP contribution is -2.03. The predicted molar refractivity (Wildman–Crippen MR) is 207 cm³/mol. The van der Waals surface area contributed by atoms with Crippen LogP contribution >= 0.6 is 0 Å². The minimum Gasteiger partial charge on any atom is -0.455 e. The van der Waals surface area contributed by atoms with Gasteiger partial charge in [-0.15, -0.1) is 0 Å². The van der Waals surface area contributed by atoms with Crippen molar-refractivity contribution in [2.24, 2.45) is 0 Å². The van der Waals surface area contributed by atoms with E-state index in [4.69, 9.17) is 14.4 Å². The van der Waals surface area contributed by atoms with Gasteiger partial charge in [-0.25, -0.2) is 9.97 Å². The van der Waals surface area contributed by atoms with Crippen LogP contribution in [0.1, 0.15) is 0 Å². The number of hydrogen-bond acceptors (Lipinski definition) is 3. The molecule has 0 fully saturated rings. The molecule has 0 unspecified atom stereocenters. The molecular weight excluding hydrogens is 611 g/mol. The summed E-state index contributed by atoms with van der Waals surface area (Å²) in [6.07, 6.45) is 0. The van der Waals surface area contributed by atoms with Crippen LogP contribution in [0.25, 0.3) is 105 Å². The normalized spacial score (nSPS) is 12.0.